The normalized spacial score (nSPS) is 22.2. The quantitative estimate of drug-likeness (QED) is 0.792. The van der Waals surface area contributed by atoms with Gasteiger partial charge in [-0.05, 0) is 24.8 Å². The Bertz CT molecular complexity index is 930. The summed E-state index contributed by atoms with van der Waals surface area (Å²) in [6, 6.07) is 7.43. The van der Waals surface area contributed by atoms with E-state index in [1.165, 1.54) is 25.7 Å². The Balaban J connectivity index is 1.62. The molecule has 5 rings (SSSR count). The fraction of sp³-hybridized carbons (Fsp3) is 0.524. The Labute approximate surface area is 172 Å². The van der Waals surface area contributed by atoms with Crippen LogP contribution in [0.1, 0.15) is 41.7 Å². The van der Waals surface area contributed by atoms with E-state index < -0.39 is 10.6 Å². The molecule has 7 nitrogen and oxygen atoms in total. The molecular formula is C21H27N3O4S. The predicted molar refractivity (Wildman–Crippen MR) is 111 cm³/mol. The zero-order valence-corrected chi connectivity index (χ0v) is 17.2. The summed E-state index contributed by atoms with van der Waals surface area (Å²) in [5.74, 6) is 0.471. The number of morpholine rings is 1. The van der Waals surface area contributed by atoms with Crippen LogP contribution in [0.25, 0.3) is 11.3 Å². The zero-order valence-electron chi connectivity index (χ0n) is 16.4. The third-order valence-corrected chi connectivity index (χ3v) is 8.05. The van der Waals surface area contributed by atoms with Crippen LogP contribution in [-0.4, -0.2) is 56.0 Å². The molecule has 1 saturated heterocycles. The third kappa shape index (κ3) is 3.38. The first kappa shape index (κ1) is 19.1. The van der Waals surface area contributed by atoms with Gasteiger partial charge < -0.3 is 9.64 Å². The van der Waals surface area contributed by atoms with Crippen LogP contribution in [0.4, 0.5) is 0 Å². The van der Waals surface area contributed by atoms with E-state index in [9.17, 15) is 13.9 Å². The van der Waals surface area contributed by atoms with E-state index in [0.717, 1.165) is 17.8 Å². The predicted octanol–water partition coefficient (Wildman–Crippen LogP) is 3.84. The number of hydrogen-bond donors (Lipinski definition) is 2. The van der Waals surface area contributed by atoms with Gasteiger partial charge in [-0.1, -0.05) is 31.0 Å². The lowest BCUT2D eigenvalue weighted by Crippen LogP contribution is -2.41. The molecule has 1 aliphatic carbocycles. The number of ether oxygens (including phenoxy) is 1. The first-order valence-corrected chi connectivity index (χ1v) is 12.1. The molecule has 2 fully saturated rings. The summed E-state index contributed by atoms with van der Waals surface area (Å²) in [5, 5.41) is 4.77. The maximum absolute atomic E-state index is 13.3. The SMILES string of the molecule is O=C(c1nn(CC2CCCC2)c2c1CS(O)(O)c1ccccc1-2)N1CCOCC1. The van der Waals surface area contributed by atoms with Crippen molar-refractivity contribution in [1.82, 2.24) is 14.7 Å². The van der Waals surface area contributed by atoms with Gasteiger partial charge in [-0.2, -0.15) is 15.7 Å². The largest absolute Gasteiger partial charge is 0.378 e. The van der Waals surface area contributed by atoms with E-state index in [-0.39, 0.29) is 11.7 Å². The molecule has 29 heavy (non-hydrogen) atoms. The van der Waals surface area contributed by atoms with Crippen molar-refractivity contribution in [1.29, 1.82) is 0 Å². The van der Waals surface area contributed by atoms with Crippen LogP contribution in [0.2, 0.25) is 0 Å². The standard InChI is InChI=1S/C21H27N3O4S/c25-21(23-9-11-28-12-10-23)19-17-14-29(26,27)18-8-4-3-7-16(18)20(17)24(22-19)13-15-5-1-2-6-15/h3-4,7-8,15,26-27H,1-2,5-6,9-14H2. The van der Waals surface area contributed by atoms with Gasteiger partial charge in [0.25, 0.3) is 5.91 Å². The third-order valence-electron chi connectivity index (χ3n) is 6.30. The van der Waals surface area contributed by atoms with Gasteiger partial charge in [0, 0.05) is 30.8 Å². The molecule has 2 aromatic rings. The highest BCUT2D eigenvalue weighted by molar-refractivity contribution is 8.23. The van der Waals surface area contributed by atoms with Crippen molar-refractivity contribution in [2.75, 3.05) is 26.3 Å². The highest BCUT2D eigenvalue weighted by atomic mass is 32.3. The van der Waals surface area contributed by atoms with Crippen molar-refractivity contribution in [2.24, 2.45) is 5.92 Å². The second-order valence-electron chi connectivity index (χ2n) is 8.22. The molecule has 2 aliphatic heterocycles. The fourth-order valence-electron chi connectivity index (χ4n) is 4.82. The van der Waals surface area contributed by atoms with Gasteiger partial charge >= 0.3 is 0 Å². The van der Waals surface area contributed by atoms with Crippen molar-refractivity contribution < 1.29 is 18.6 Å². The Hall–Kier alpha value is -1.87. The highest BCUT2D eigenvalue weighted by Gasteiger charge is 2.37. The van der Waals surface area contributed by atoms with Crippen LogP contribution in [0.5, 0.6) is 0 Å². The molecule has 1 aromatic heterocycles. The second kappa shape index (κ2) is 7.43. The number of fused-ring (bicyclic) bond motifs is 3. The highest BCUT2D eigenvalue weighted by Crippen LogP contribution is 2.59. The van der Waals surface area contributed by atoms with E-state index in [4.69, 9.17) is 9.84 Å². The molecule has 3 aliphatic rings. The van der Waals surface area contributed by atoms with Crippen LogP contribution >= 0.6 is 10.6 Å². The van der Waals surface area contributed by atoms with Crippen LogP contribution < -0.4 is 0 Å². The fourth-order valence-corrected chi connectivity index (χ4v) is 6.47. The summed E-state index contributed by atoms with van der Waals surface area (Å²) in [5.41, 5.74) is 2.73. The smallest absolute Gasteiger partial charge is 0.274 e. The van der Waals surface area contributed by atoms with Crippen molar-refractivity contribution in [3.8, 4) is 11.3 Å². The minimum absolute atomic E-state index is 0.0510. The Kier molecular flexibility index (Phi) is 4.90. The maximum atomic E-state index is 13.3. The first-order chi connectivity index (χ1) is 14.0. The van der Waals surface area contributed by atoms with Crippen LogP contribution in [0, 0.1) is 5.92 Å². The lowest BCUT2D eigenvalue weighted by Gasteiger charge is -2.38. The van der Waals surface area contributed by atoms with Crippen molar-refractivity contribution in [2.45, 2.75) is 42.9 Å². The molecule has 1 amide bonds. The molecule has 2 N–H and O–H groups in total. The van der Waals surface area contributed by atoms with Gasteiger partial charge in [0.15, 0.2) is 5.69 Å². The van der Waals surface area contributed by atoms with Gasteiger partial charge in [-0.25, -0.2) is 0 Å². The van der Waals surface area contributed by atoms with Gasteiger partial charge in [0.1, 0.15) is 0 Å². The van der Waals surface area contributed by atoms with E-state index >= 15 is 0 Å². The van der Waals surface area contributed by atoms with Gasteiger partial charge in [0.2, 0.25) is 0 Å². The summed E-state index contributed by atoms with van der Waals surface area (Å²) in [7, 11) is -3.00. The molecule has 0 radical (unpaired) electrons. The van der Waals surface area contributed by atoms with E-state index in [0.29, 0.717) is 48.4 Å². The van der Waals surface area contributed by atoms with E-state index in [2.05, 4.69) is 0 Å². The molecule has 0 spiro atoms. The average molecular weight is 418 g/mol. The monoisotopic (exact) mass is 417 g/mol. The number of aromatic nitrogens is 2. The molecule has 3 heterocycles. The average Bonchev–Trinajstić information content (AvgIpc) is 3.36. The summed E-state index contributed by atoms with van der Waals surface area (Å²) in [4.78, 5) is 15.6. The molecular weight excluding hydrogens is 390 g/mol. The Morgan fingerprint density at radius 3 is 2.66 bits per heavy atom. The number of nitrogens with zero attached hydrogens (tertiary/aromatic N) is 3. The molecule has 0 unspecified atom stereocenters. The lowest BCUT2D eigenvalue weighted by atomic mass is 10.0. The molecule has 156 valence electrons. The van der Waals surface area contributed by atoms with Gasteiger partial charge in [0.05, 0.1) is 29.6 Å². The van der Waals surface area contributed by atoms with Gasteiger partial charge in [-0.15, -0.1) is 0 Å². The zero-order chi connectivity index (χ0) is 20.0. The number of carbonyl (C=O) groups is 1. The van der Waals surface area contributed by atoms with E-state index in [1.54, 1.807) is 11.0 Å². The lowest BCUT2D eigenvalue weighted by molar-refractivity contribution is 0.0298. The van der Waals surface area contributed by atoms with Crippen LogP contribution in [0.15, 0.2) is 29.2 Å². The number of amides is 1. The van der Waals surface area contributed by atoms with Crippen LogP contribution in [-0.2, 0) is 17.0 Å². The molecule has 0 bridgehead atoms. The minimum Gasteiger partial charge on any atom is -0.378 e. The van der Waals surface area contributed by atoms with Crippen molar-refractivity contribution in [3.63, 3.8) is 0 Å². The molecule has 0 atom stereocenters. The van der Waals surface area contributed by atoms with Gasteiger partial charge in [-0.3, -0.25) is 18.6 Å². The summed E-state index contributed by atoms with van der Waals surface area (Å²) in [6.07, 6.45) is 4.84. The van der Waals surface area contributed by atoms with E-state index in [1.807, 2.05) is 22.9 Å². The number of hydrogen-bond acceptors (Lipinski definition) is 5. The van der Waals surface area contributed by atoms with Crippen LogP contribution in [0.3, 0.4) is 0 Å². The number of rotatable bonds is 3. The van der Waals surface area contributed by atoms with Crippen molar-refractivity contribution in [3.05, 3.63) is 35.5 Å². The Morgan fingerprint density at radius 2 is 1.90 bits per heavy atom. The Morgan fingerprint density at radius 1 is 1.17 bits per heavy atom. The first-order valence-electron chi connectivity index (χ1n) is 10.4. The van der Waals surface area contributed by atoms with Crippen molar-refractivity contribution >= 4 is 16.5 Å². The minimum atomic E-state index is -3.00. The molecule has 1 aromatic carbocycles. The topological polar surface area (TPSA) is 87.8 Å². The second-order valence-corrected chi connectivity index (χ2v) is 10.3. The number of benzene rings is 1. The molecule has 8 heteroatoms. The summed E-state index contributed by atoms with van der Waals surface area (Å²) >= 11 is 0. The summed E-state index contributed by atoms with van der Waals surface area (Å²) in [6.45, 7) is 2.89. The molecule has 1 saturated carbocycles. The number of carbonyl (C=O) groups excluding carboxylic acids is 1. The maximum Gasteiger partial charge on any atom is 0.274 e. The summed E-state index contributed by atoms with van der Waals surface area (Å²) < 4.78 is 29.0.